The Morgan fingerprint density at radius 1 is 1.50 bits per heavy atom. The molecule has 1 saturated carbocycles. The summed E-state index contributed by atoms with van der Waals surface area (Å²) in [5, 5.41) is 0. The fourth-order valence-electron chi connectivity index (χ4n) is 2.61. The summed E-state index contributed by atoms with van der Waals surface area (Å²) >= 11 is 0. The Morgan fingerprint density at radius 3 is 3.00 bits per heavy atom. The molecular formula is C12H20N4. The highest BCUT2D eigenvalue weighted by molar-refractivity contribution is 5.38. The molecule has 4 nitrogen and oxygen atoms in total. The molecule has 16 heavy (non-hydrogen) atoms. The summed E-state index contributed by atoms with van der Waals surface area (Å²) in [5.41, 5.74) is 5.81. The Hall–Kier alpha value is -1.16. The molecule has 0 aromatic carbocycles. The minimum Gasteiger partial charge on any atom is -0.356 e. The van der Waals surface area contributed by atoms with Crippen molar-refractivity contribution in [3.05, 3.63) is 18.1 Å². The van der Waals surface area contributed by atoms with E-state index in [1.807, 2.05) is 19.2 Å². The summed E-state index contributed by atoms with van der Waals surface area (Å²) < 4.78 is 0. The first-order chi connectivity index (χ1) is 7.72. The van der Waals surface area contributed by atoms with Crippen LogP contribution in [0.2, 0.25) is 0 Å². The first-order valence-electron chi connectivity index (χ1n) is 5.95. The lowest BCUT2D eigenvalue weighted by Crippen LogP contribution is -2.38. The Kier molecular flexibility index (Phi) is 3.39. The van der Waals surface area contributed by atoms with E-state index in [4.69, 9.17) is 5.73 Å². The number of anilines is 1. The van der Waals surface area contributed by atoms with Crippen LogP contribution in [-0.4, -0.2) is 29.6 Å². The molecule has 1 aliphatic rings. The number of hydrogen-bond acceptors (Lipinski definition) is 4. The van der Waals surface area contributed by atoms with Gasteiger partial charge in [-0.1, -0.05) is 6.42 Å². The van der Waals surface area contributed by atoms with Crippen LogP contribution < -0.4 is 10.6 Å². The van der Waals surface area contributed by atoms with Crippen molar-refractivity contribution in [1.82, 2.24) is 9.97 Å². The molecular weight excluding hydrogens is 200 g/mol. The summed E-state index contributed by atoms with van der Waals surface area (Å²) in [6, 6.07) is 2.51. The fourth-order valence-corrected chi connectivity index (χ4v) is 2.61. The SMILES string of the molecule is Cc1nccc(N(C)C2CCCC2CN)n1. The van der Waals surface area contributed by atoms with Crippen molar-refractivity contribution in [2.24, 2.45) is 11.7 Å². The molecule has 1 aromatic rings. The molecule has 1 aromatic heterocycles. The second-order valence-corrected chi connectivity index (χ2v) is 4.57. The Bertz CT molecular complexity index is 353. The predicted octanol–water partition coefficient (Wildman–Crippen LogP) is 1.35. The van der Waals surface area contributed by atoms with Crippen molar-refractivity contribution in [3.8, 4) is 0 Å². The summed E-state index contributed by atoms with van der Waals surface area (Å²) in [4.78, 5) is 10.8. The van der Waals surface area contributed by atoms with Crippen LogP contribution in [0.1, 0.15) is 25.1 Å². The lowest BCUT2D eigenvalue weighted by molar-refractivity contribution is 0.472. The third-order valence-electron chi connectivity index (χ3n) is 3.54. The number of rotatable bonds is 3. The molecule has 88 valence electrons. The zero-order valence-corrected chi connectivity index (χ0v) is 10.1. The van der Waals surface area contributed by atoms with Crippen LogP contribution >= 0.6 is 0 Å². The molecule has 0 radical (unpaired) electrons. The molecule has 2 unspecified atom stereocenters. The van der Waals surface area contributed by atoms with E-state index in [1.54, 1.807) is 0 Å². The van der Waals surface area contributed by atoms with Gasteiger partial charge in [0.15, 0.2) is 0 Å². The fraction of sp³-hybridized carbons (Fsp3) is 0.667. The van der Waals surface area contributed by atoms with E-state index in [9.17, 15) is 0 Å². The zero-order valence-electron chi connectivity index (χ0n) is 10.1. The first-order valence-corrected chi connectivity index (χ1v) is 5.95. The molecule has 1 heterocycles. The molecule has 0 spiro atoms. The summed E-state index contributed by atoms with van der Waals surface area (Å²) in [6.45, 7) is 2.70. The largest absolute Gasteiger partial charge is 0.356 e. The molecule has 0 amide bonds. The number of hydrogen-bond donors (Lipinski definition) is 1. The molecule has 0 saturated heterocycles. The predicted molar refractivity (Wildman–Crippen MR) is 65.4 cm³/mol. The van der Waals surface area contributed by atoms with Crippen molar-refractivity contribution in [2.45, 2.75) is 32.2 Å². The van der Waals surface area contributed by atoms with E-state index in [0.717, 1.165) is 18.2 Å². The summed E-state index contributed by atoms with van der Waals surface area (Å²) in [5.74, 6) is 2.45. The van der Waals surface area contributed by atoms with Gasteiger partial charge in [0.2, 0.25) is 0 Å². The molecule has 0 bridgehead atoms. The third-order valence-corrected chi connectivity index (χ3v) is 3.54. The van der Waals surface area contributed by atoms with Crippen molar-refractivity contribution in [1.29, 1.82) is 0 Å². The second kappa shape index (κ2) is 4.78. The average molecular weight is 220 g/mol. The lowest BCUT2D eigenvalue weighted by atomic mass is 10.0. The number of aromatic nitrogens is 2. The quantitative estimate of drug-likeness (QED) is 0.835. The minimum absolute atomic E-state index is 0.541. The minimum atomic E-state index is 0.541. The van der Waals surface area contributed by atoms with Crippen LogP contribution in [0.5, 0.6) is 0 Å². The second-order valence-electron chi connectivity index (χ2n) is 4.57. The molecule has 1 aliphatic carbocycles. The zero-order chi connectivity index (χ0) is 11.5. The van der Waals surface area contributed by atoms with E-state index in [2.05, 4.69) is 21.9 Å². The van der Waals surface area contributed by atoms with Crippen molar-refractivity contribution >= 4 is 5.82 Å². The maximum Gasteiger partial charge on any atom is 0.132 e. The van der Waals surface area contributed by atoms with Crippen LogP contribution in [0.15, 0.2) is 12.3 Å². The molecule has 2 rings (SSSR count). The standard InChI is InChI=1S/C12H20N4/c1-9-14-7-6-12(15-9)16(2)11-5-3-4-10(11)8-13/h6-7,10-11H,3-5,8,13H2,1-2H3. The molecule has 0 aliphatic heterocycles. The normalized spacial score (nSPS) is 24.7. The highest BCUT2D eigenvalue weighted by Crippen LogP contribution is 2.30. The maximum absolute atomic E-state index is 5.81. The first kappa shape index (κ1) is 11.3. The van der Waals surface area contributed by atoms with Crippen LogP contribution in [-0.2, 0) is 0 Å². The molecule has 2 atom stereocenters. The van der Waals surface area contributed by atoms with Gasteiger partial charge in [0.25, 0.3) is 0 Å². The number of nitrogens with zero attached hydrogens (tertiary/aromatic N) is 3. The topological polar surface area (TPSA) is 55.0 Å². The molecule has 2 N–H and O–H groups in total. The Labute approximate surface area is 96.9 Å². The van der Waals surface area contributed by atoms with Crippen molar-refractivity contribution in [3.63, 3.8) is 0 Å². The number of aryl methyl sites for hydroxylation is 1. The van der Waals surface area contributed by atoms with Gasteiger partial charge in [-0.2, -0.15) is 0 Å². The van der Waals surface area contributed by atoms with Gasteiger partial charge in [-0.25, -0.2) is 9.97 Å². The van der Waals surface area contributed by atoms with Gasteiger partial charge in [-0.3, -0.25) is 0 Å². The smallest absolute Gasteiger partial charge is 0.132 e. The van der Waals surface area contributed by atoms with E-state index >= 15 is 0 Å². The van der Waals surface area contributed by atoms with Gasteiger partial charge in [0.1, 0.15) is 11.6 Å². The van der Waals surface area contributed by atoms with Crippen LogP contribution in [0.3, 0.4) is 0 Å². The Morgan fingerprint density at radius 2 is 2.31 bits per heavy atom. The highest BCUT2D eigenvalue weighted by atomic mass is 15.2. The average Bonchev–Trinajstić information content (AvgIpc) is 2.76. The van der Waals surface area contributed by atoms with Crippen LogP contribution in [0.4, 0.5) is 5.82 Å². The maximum atomic E-state index is 5.81. The van der Waals surface area contributed by atoms with Crippen molar-refractivity contribution < 1.29 is 0 Å². The van der Waals surface area contributed by atoms with Gasteiger partial charge in [-0.05, 0) is 38.3 Å². The van der Waals surface area contributed by atoms with Gasteiger partial charge in [-0.15, -0.1) is 0 Å². The van der Waals surface area contributed by atoms with E-state index < -0.39 is 0 Å². The van der Waals surface area contributed by atoms with Gasteiger partial charge < -0.3 is 10.6 Å². The summed E-state index contributed by atoms with van der Waals surface area (Å²) in [7, 11) is 2.11. The third kappa shape index (κ3) is 2.16. The van der Waals surface area contributed by atoms with E-state index in [-0.39, 0.29) is 0 Å². The van der Waals surface area contributed by atoms with E-state index in [1.165, 1.54) is 19.3 Å². The Balaban J connectivity index is 2.15. The van der Waals surface area contributed by atoms with Crippen LogP contribution in [0.25, 0.3) is 0 Å². The van der Waals surface area contributed by atoms with Gasteiger partial charge in [0, 0.05) is 19.3 Å². The van der Waals surface area contributed by atoms with Gasteiger partial charge >= 0.3 is 0 Å². The lowest BCUT2D eigenvalue weighted by Gasteiger charge is -2.30. The van der Waals surface area contributed by atoms with E-state index in [0.29, 0.717) is 12.0 Å². The summed E-state index contributed by atoms with van der Waals surface area (Å²) in [6.07, 6.45) is 5.57. The molecule has 4 heteroatoms. The molecule has 1 fully saturated rings. The monoisotopic (exact) mass is 220 g/mol. The van der Waals surface area contributed by atoms with Gasteiger partial charge in [0.05, 0.1) is 0 Å². The highest BCUT2D eigenvalue weighted by Gasteiger charge is 2.29. The van der Waals surface area contributed by atoms with Crippen molar-refractivity contribution in [2.75, 3.05) is 18.5 Å². The number of nitrogens with two attached hydrogens (primary N) is 1. The van der Waals surface area contributed by atoms with Crippen LogP contribution in [0, 0.1) is 12.8 Å².